The van der Waals surface area contributed by atoms with E-state index in [2.05, 4.69) is 10.3 Å². The number of nitrogens with zero attached hydrogens (tertiary/aromatic N) is 1. The zero-order valence-electron chi connectivity index (χ0n) is 16.8. The minimum atomic E-state index is -0.659. The maximum Gasteiger partial charge on any atom is 0.290 e. The summed E-state index contributed by atoms with van der Waals surface area (Å²) in [5, 5.41) is 10.7. The summed E-state index contributed by atoms with van der Waals surface area (Å²) in [7, 11) is 0. The molecule has 4 rings (SSSR count). The Hall–Kier alpha value is -3.13. The van der Waals surface area contributed by atoms with Gasteiger partial charge in [-0.25, -0.2) is 0 Å². The van der Waals surface area contributed by atoms with Crippen LogP contribution in [-0.4, -0.2) is 52.4 Å². The first-order chi connectivity index (χ1) is 14.9. The second kappa shape index (κ2) is 9.78. The number of amides is 2. The van der Waals surface area contributed by atoms with Crippen molar-refractivity contribution in [2.24, 2.45) is 5.41 Å². The first-order valence-corrected chi connectivity index (χ1v) is 10.4. The maximum absolute atomic E-state index is 13.0. The van der Waals surface area contributed by atoms with Crippen molar-refractivity contribution in [1.82, 2.24) is 15.2 Å². The number of pyridine rings is 1. The van der Waals surface area contributed by atoms with Gasteiger partial charge in [-0.1, -0.05) is 29.8 Å². The Labute approximate surface area is 184 Å². The van der Waals surface area contributed by atoms with Gasteiger partial charge in [0.05, 0.1) is 5.41 Å². The molecule has 2 amide bonds. The molecule has 2 aliphatic rings. The topological polar surface area (TPSA) is 120 Å². The second-order valence-corrected chi connectivity index (χ2v) is 8.32. The van der Waals surface area contributed by atoms with Gasteiger partial charge < -0.3 is 20.3 Å². The lowest BCUT2D eigenvalue weighted by molar-refractivity contribution is -0.140. The average molecular weight is 446 g/mol. The number of aromatic nitrogens is 1. The molecule has 0 atom stereocenters. The molecule has 164 valence electrons. The summed E-state index contributed by atoms with van der Waals surface area (Å²) < 4.78 is 0. The molecule has 31 heavy (non-hydrogen) atoms. The molecule has 1 aromatic heterocycles. The van der Waals surface area contributed by atoms with E-state index >= 15 is 0 Å². The van der Waals surface area contributed by atoms with E-state index in [1.54, 1.807) is 17.0 Å². The van der Waals surface area contributed by atoms with Gasteiger partial charge in [0, 0.05) is 30.2 Å². The predicted octanol–water partition coefficient (Wildman–Crippen LogP) is 2.08. The number of carbonyl (C=O) groups excluding carboxylic acids is 2. The maximum atomic E-state index is 13.0. The van der Waals surface area contributed by atoms with E-state index in [0.717, 1.165) is 24.8 Å². The highest BCUT2D eigenvalue weighted by Crippen LogP contribution is 2.36. The van der Waals surface area contributed by atoms with Gasteiger partial charge in [0.15, 0.2) is 0 Å². The summed E-state index contributed by atoms with van der Waals surface area (Å²) in [5.74, 6) is -0.265. The number of carbonyl (C=O) groups is 3. The van der Waals surface area contributed by atoms with Gasteiger partial charge in [-0.3, -0.25) is 19.2 Å². The van der Waals surface area contributed by atoms with Gasteiger partial charge in [-0.2, -0.15) is 0 Å². The minimum Gasteiger partial charge on any atom is -0.483 e. The third-order valence-corrected chi connectivity index (χ3v) is 5.90. The normalized spacial score (nSPS) is 16.7. The van der Waals surface area contributed by atoms with E-state index in [1.165, 1.54) is 6.07 Å². The molecule has 0 bridgehead atoms. The molecule has 1 aliphatic carbocycles. The van der Waals surface area contributed by atoms with Crippen LogP contribution in [0.1, 0.15) is 35.3 Å². The third kappa shape index (κ3) is 5.32. The number of aromatic amines is 1. The smallest absolute Gasteiger partial charge is 0.290 e. The first kappa shape index (κ1) is 22.6. The lowest BCUT2D eigenvalue weighted by Crippen LogP contribution is -2.66. The second-order valence-electron chi connectivity index (χ2n) is 7.88. The van der Waals surface area contributed by atoms with Crippen LogP contribution in [0, 0.1) is 5.41 Å². The Balaban J connectivity index is 0.000000858. The molecular weight excluding hydrogens is 422 g/mol. The average Bonchev–Trinajstić information content (AvgIpc) is 2.68. The summed E-state index contributed by atoms with van der Waals surface area (Å²) in [5.41, 5.74) is 0.274. The van der Waals surface area contributed by atoms with Gasteiger partial charge in [0.25, 0.3) is 12.4 Å². The minimum absolute atomic E-state index is 0.00208. The van der Waals surface area contributed by atoms with Crippen molar-refractivity contribution in [3.63, 3.8) is 0 Å². The van der Waals surface area contributed by atoms with Gasteiger partial charge in [0.1, 0.15) is 5.69 Å². The van der Waals surface area contributed by atoms with Crippen LogP contribution in [0.4, 0.5) is 0 Å². The van der Waals surface area contributed by atoms with Gasteiger partial charge in [-0.05, 0) is 49.4 Å². The van der Waals surface area contributed by atoms with Crippen molar-refractivity contribution in [2.45, 2.75) is 31.7 Å². The lowest BCUT2D eigenvalue weighted by Gasteiger charge is -2.49. The molecule has 0 radical (unpaired) electrons. The van der Waals surface area contributed by atoms with Gasteiger partial charge >= 0.3 is 0 Å². The Morgan fingerprint density at radius 1 is 1.19 bits per heavy atom. The molecule has 1 aromatic carbocycles. The van der Waals surface area contributed by atoms with Gasteiger partial charge in [0.2, 0.25) is 11.5 Å². The molecular formula is C22H24ClN3O5. The van der Waals surface area contributed by atoms with E-state index in [-0.39, 0.29) is 35.6 Å². The number of H-pyrrole nitrogens is 1. The number of hydrogen-bond acceptors (Lipinski definition) is 4. The summed E-state index contributed by atoms with van der Waals surface area (Å²) >= 11 is 5.97. The fourth-order valence-corrected chi connectivity index (χ4v) is 3.92. The Kier molecular flexibility index (Phi) is 7.12. The summed E-state index contributed by atoms with van der Waals surface area (Å²) in [4.78, 5) is 49.7. The zero-order chi connectivity index (χ0) is 22.4. The molecule has 2 heterocycles. The standard InChI is InChI=1S/C21H22ClN3O3.CH2O2/c22-15-9-7-14(8-10-15)11-21(20(28)23-16-3-1-4-16)12-25(13-21)19(27)17-5-2-6-18(26)24-17;2-1-3/h2,5-10,16H,1,3-4,11-13H2,(H,23,28)(H,24,26);1H,(H,2,3). The molecule has 1 saturated carbocycles. The quantitative estimate of drug-likeness (QED) is 0.609. The molecule has 1 saturated heterocycles. The number of nitrogens with one attached hydrogen (secondary N) is 2. The highest BCUT2D eigenvalue weighted by atomic mass is 35.5. The first-order valence-electron chi connectivity index (χ1n) is 9.99. The van der Waals surface area contributed by atoms with Crippen LogP contribution in [0.2, 0.25) is 5.02 Å². The molecule has 8 nitrogen and oxygen atoms in total. The van der Waals surface area contributed by atoms with E-state index in [1.807, 2.05) is 24.3 Å². The molecule has 0 spiro atoms. The van der Waals surface area contributed by atoms with E-state index < -0.39 is 5.41 Å². The van der Waals surface area contributed by atoms with Crippen molar-refractivity contribution in [3.05, 3.63) is 69.1 Å². The van der Waals surface area contributed by atoms with Crippen LogP contribution in [0.5, 0.6) is 0 Å². The predicted molar refractivity (Wildman–Crippen MR) is 115 cm³/mol. The van der Waals surface area contributed by atoms with Crippen molar-refractivity contribution >= 4 is 29.9 Å². The van der Waals surface area contributed by atoms with Crippen molar-refractivity contribution in [1.29, 1.82) is 0 Å². The number of rotatable bonds is 5. The number of halogens is 1. The lowest BCUT2D eigenvalue weighted by atomic mass is 9.73. The molecule has 2 fully saturated rings. The fourth-order valence-electron chi connectivity index (χ4n) is 3.79. The van der Waals surface area contributed by atoms with Crippen LogP contribution in [0.3, 0.4) is 0 Å². The monoisotopic (exact) mass is 445 g/mol. The van der Waals surface area contributed by atoms with Crippen LogP contribution in [0.15, 0.2) is 47.3 Å². The third-order valence-electron chi connectivity index (χ3n) is 5.65. The Bertz CT molecular complexity index is 995. The zero-order valence-corrected chi connectivity index (χ0v) is 17.6. The van der Waals surface area contributed by atoms with Crippen LogP contribution < -0.4 is 10.9 Å². The van der Waals surface area contributed by atoms with Crippen LogP contribution >= 0.6 is 11.6 Å². The van der Waals surface area contributed by atoms with Crippen molar-refractivity contribution in [3.8, 4) is 0 Å². The van der Waals surface area contributed by atoms with E-state index in [9.17, 15) is 14.4 Å². The number of benzene rings is 1. The number of likely N-dealkylation sites (tertiary alicyclic amines) is 1. The number of carboxylic acid groups (broad SMARTS) is 1. The van der Waals surface area contributed by atoms with Crippen LogP contribution in [0.25, 0.3) is 0 Å². The molecule has 9 heteroatoms. The van der Waals surface area contributed by atoms with E-state index in [0.29, 0.717) is 24.5 Å². The van der Waals surface area contributed by atoms with Crippen LogP contribution in [-0.2, 0) is 16.0 Å². The fraction of sp³-hybridized carbons (Fsp3) is 0.364. The summed E-state index contributed by atoms with van der Waals surface area (Å²) in [6.07, 6.45) is 3.70. The molecule has 2 aromatic rings. The molecule has 3 N–H and O–H groups in total. The van der Waals surface area contributed by atoms with Gasteiger partial charge in [-0.15, -0.1) is 0 Å². The van der Waals surface area contributed by atoms with E-state index in [4.69, 9.17) is 21.5 Å². The van der Waals surface area contributed by atoms with Crippen molar-refractivity contribution < 1.29 is 19.5 Å². The molecule has 0 unspecified atom stereocenters. The largest absolute Gasteiger partial charge is 0.483 e. The highest BCUT2D eigenvalue weighted by molar-refractivity contribution is 6.30. The Morgan fingerprint density at radius 2 is 1.84 bits per heavy atom. The summed E-state index contributed by atoms with van der Waals surface area (Å²) in [6.45, 7) is 0.397. The molecule has 1 aliphatic heterocycles. The highest BCUT2D eigenvalue weighted by Gasteiger charge is 2.51. The Morgan fingerprint density at radius 3 is 2.39 bits per heavy atom. The SMILES string of the molecule is O=C(c1cccc(=O)[nH]1)N1CC(Cc2ccc(Cl)cc2)(C(=O)NC2CCC2)C1.O=CO. The summed E-state index contributed by atoms with van der Waals surface area (Å²) in [6, 6.07) is 12.2. The van der Waals surface area contributed by atoms with Crippen molar-refractivity contribution in [2.75, 3.05) is 13.1 Å². The number of hydrogen-bond donors (Lipinski definition) is 3.